The van der Waals surface area contributed by atoms with Crippen molar-refractivity contribution in [2.45, 2.75) is 6.92 Å². The van der Waals surface area contributed by atoms with Gasteiger partial charge in [0.25, 0.3) is 0 Å². The van der Waals surface area contributed by atoms with E-state index in [0.29, 0.717) is 22.5 Å². The Kier molecular flexibility index (Phi) is 6.20. The van der Waals surface area contributed by atoms with Crippen LogP contribution in [-0.2, 0) is 4.79 Å². The van der Waals surface area contributed by atoms with Crippen molar-refractivity contribution in [1.29, 1.82) is 0 Å². The second-order valence-electron chi connectivity index (χ2n) is 4.46. The summed E-state index contributed by atoms with van der Waals surface area (Å²) in [6, 6.07) is 10.4. The van der Waals surface area contributed by atoms with E-state index in [1.807, 2.05) is 6.79 Å². The van der Waals surface area contributed by atoms with Gasteiger partial charge in [-0.15, -0.1) is 0 Å². The maximum Gasteiger partial charge on any atom is 0.166 e. The summed E-state index contributed by atoms with van der Waals surface area (Å²) in [6.07, 6.45) is 0. The van der Waals surface area contributed by atoms with Crippen molar-refractivity contribution in [3.05, 3.63) is 78.6 Å². The smallest absolute Gasteiger partial charge is 0.166 e. The summed E-state index contributed by atoms with van der Waals surface area (Å²) in [5, 5.41) is 0. The first-order chi connectivity index (χ1) is 10.5. The van der Waals surface area contributed by atoms with Crippen LogP contribution < -0.4 is 4.74 Å². The molecule has 0 radical (unpaired) electrons. The molecule has 2 rings (SSSR count). The van der Waals surface area contributed by atoms with Gasteiger partial charge in [-0.1, -0.05) is 31.4 Å². The number of hydrogen-bond acceptors (Lipinski definition) is 2. The van der Waals surface area contributed by atoms with E-state index in [9.17, 15) is 8.78 Å². The number of benzene rings is 2. The number of hydrogen-bond donors (Lipinski definition) is 0. The van der Waals surface area contributed by atoms with Gasteiger partial charge in [-0.3, -0.25) is 0 Å². The van der Waals surface area contributed by atoms with E-state index in [1.165, 1.54) is 24.3 Å². The fourth-order valence-electron chi connectivity index (χ4n) is 1.65. The SMILES string of the molecule is C=C(C)C(=C)Oc1ccc(-c2cccc(F)c2)cc1F.C=O. The monoisotopic (exact) mass is 302 g/mol. The van der Waals surface area contributed by atoms with Gasteiger partial charge < -0.3 is 9.53 Å². The molecule has 0 amide bonds. The largest absolute Gasteiger partial charge is 0.455 e. The highest BCUT2D eigenvalue weighted by Gasteiger charge is 2.08. The van der Waals surface area contributed by atoms with Gasteiger partial charge >= 0.3 is 0 Å². The van der Waals surface area contributed by atoms with E-state index in [1.54, 1.807) is 25.1 Å². The molecule has 0 saturated heterocycles. The van der Waals surface area contributed by atoms with Crippen molar-refractivity contribution in [2.24, 2.45) is 0 Å². The summed E-state index contributed by atoms with van der Waals surface area (Å²) in [5.74, 6) is -0.520. The predicted molar refractivity (Wildman–Crippen MR) is 83.5 cm³/mol. The molecule has 0 fully saturated rings. The lowest BCUT2D eigenvalue weighted by molar-refractivity contribution is -0.0979. The number of carbonyl (C=O) groups excluding carboxylic acids is 1. The molecule has 0 aliphatic heterocycles. The molecule has 114 valence electrons. The van der Waals surface area contributed by atoms with Gasteiger partial charge in [0.1, 0.15) is 18.4 Å². The van der Waals surface area contributed by atoms with Gasteiger partial charge in [0.15, 0.2) is 11.6 Å². The average molecular weight is 302 g/mol. The molecule has 0 saturated carbocycles. The van der Waals surface area contributed by atoms with Crippen molar-refractivity contribution < 1.29 is 18.3 Å². The van der Waals surface area contributed by atoms with E-state index < -0.39 is 5.82 Å². The van der Waals surface area contributed by atoms with E-state index in [4.69, 9.17) is 9.53 Å². The van der Waals surface area contributed by atoms with Crippen LogP contribution in [0.3, 0.4) is 0 Å². The van der Waals surface area contributed by atoms with Crippen LogP contribution in [0.1, 0.15) is 6.92 Å². The molecule has 2 aromatic carbocycles. The summed E-state index contributed by atoms with van der Waals surface area (Å²) in [5.41, 5.74) is 1.81. The molecule has 0 atom stereocenters. The molecule has 0 N–H and O–H groups in total. The second kappa shape index (κ2) is 7.88. The molecule has 0 unspecified atom stereocenters. The first kappa shape index (κ1) is 17.3. The Morgan fingerprint density at radius 3 is 2.18 bits per heavy atom. The summed E-state index contributed by atoms with van der Waals surface area (Å²) in [6.45, 7) is 11.0. The van der Waals surface area contributed by atoms with Crippen molar-refractivity contribution in [3.8, 4) is 16.9 Å². The third-order valence-electron chi connectivity index (χ3n) is 2.80. The van der Waals surface area contributed by atoms with Gasteiger partial charge in [-0.2, -0.15) is 0 Å². The van der Waals surface area contributed by atoms with E-state index >= 15 is 0 Å². The van der Waals surface area contributed by atoms with Gasteiger partial charge in [-0.25, -0.2) is 8.78 Å². The standard InChI is InChI=1S/C17H14F2O.CH2O/c1-11(2)12(3)20-17-8-7-14(10-16(17)19)13-5-4-6-15(18)9-13;1-2/h4-10H,1,3H2,2H3;1H2. The second-order valence-corrected chi connectivity index (χ2v) is 4.46. The van der Waals surface area contributed by atoms with Crippen LogP contribution in [0.4, 0.5) is 8.78 Å². The first-order valence-corrected chi connectivity index (χ1v) is 6.34. The lowest BCUT2D eigenvalue weighted by Gasteiger charge is -2.10. The number of halogens is 2. The topological polar surface area (TPSA) is 26.3 Å². The van der Waals surface area contributed by atoms with E-state index in [2.05, 4.69) is 13.2 Å². The van der Waals surface area contributed by atoms with Crippen LogP contribution in [0.2, 0.25) is 0 Å². The zero-order valence-corrected chi connectivity index (χ0v) is 12.2. The van der Waals surface area contributed by atoms with Crippen LogP contribution in [-0.4, -0.2) is 6.79 Å². The van der Waals surface area contributed by atoms with Crippen LogP contribution in [0.15, 0.2) is 67.0 Å². The molecule has 22 heavy (non-hydrogen) atoms. The Bertz CT molecular complexity index is 693. The minimum absolute atomic E-state index is 0.0677. The molecule has 0 bridgehead atoms. The maximum absolute atomic E-state index is 14.0. The molecular formula is C18H16F2O2. The highest BCUT2D eigenvalue weighted by molar-refractivity contribution is 5.64. The Balaban J connectivity index is 0.00000116. The quantitative estimate of drug-likeness (QED) is 0.592. The fraction of sp³-hybridized carbons (Fsp3) is 0.0556. The minimum atomic E-state index is -0.533. The summed E-state index contributed by atoms with van der Waals surface area (Å²) >= 11 is 0. The van der Waals surface area contributed by atoms with Crippen LogP contribution in [0, 0.1) is 11.6 Å². The number of allylic oxidation sites excluding steroid dienone is 1. The van der Waals surface area contributed by atoms with Crippen LogP contribution >= 0.6 is 0 Å². The van der Waals surface area contributed by atoms with Gasteiger partial charge in [0.05, 0.1) is 0 Å². The number of carbonyl (C=O) groups is 1. The zero-order valence-electron chi connectivity index (χ0n) is 12.2. The highest BCUT2D eigenvalue weighted by atomic mass is 19.1. The molecule has 2 aromatic rings. The zero-order chi connectivity index (χ0) is 16.7. The molecule has 0 aromatic heterocycles. The molecule has 0 aliphatic rings. The van der Waals surface area contributed by atoms with Crippen LogP contribution in [0.5, 0.6) is 5.75 Å². The Morgan fingerprint density at radius 1 is 1.00 bits per heavy atom. The summed E-state index contributed by atoms with van der Waals surface area (Å²) in [4.78, 5) is 8.00. The average Bonchev–Trinajstić information content (AvgIpc) is 2.51. The number of ether oxygens (including phenoxy) is 1. The first-order valence-electron chi connectivity index (χ1n) is 6.34. The third kappa shape index (κ3) is 4.38. The van der Waals surface area contributed by atoms with Crippen molar-refractivity contribution in [3.63, 3.8) is 0 Å². The van der Waals surface area contributed by atoms with E-state index in [0.717, 1.165) is 0 Å². The molecule has 0 spiro atoms. The van der Waals surface area contributed by atoms with Crippen molar-refractivity contribution in [1.82, 2.24) is 0 Å². The molecule has 4 heteroatoms. The van der Waals surface area contributed by atoms with Crippen molar-refractivity contribution >= 4 is 6.79 Å². The molecular weight excluding hydrogens is 286 g/mol. The molecule has 2 nitrogen and oxygen atoms in total. The lowest BCUT2D eigenvalue weighted by atomic mass is 10.1. The van der Waals surface area contributed by atoms with Crippen LogP contribution in [0.25, 0.3) is 11.1 Å². The number of rotatable bonds is 4. The van der Waals surface area contributed by atoms with Gasteiger partial charge in [-0.05, 0) is 47.9 Å². The van der Waals surface area contributed by atoms with Gasteiger partial charge in [0.2, 0.25) is 0 Å². The Hall–Kier alpha value is -2.75. The predicted octanol–water partition coefficient (Wildman–Crippen LogP) is 4.92. The maximum atomic E-state index is 14.0. The summed E-state index contributed by atoms with van der Waals surface area (Å²) in [7, 11) is 0. The Labute approximate surface area is 128 Å². The third-order valence-corrected chi connectivity index (χ3v) is 2.80. The summed E-state index contributed by atoms with van der Waals surface area (Å²) < 4.78 is 32.4. The van der Waals surface area contributed by atoms with Gasteiger partial charge in [0, 0.05) is 0 Å². The normalized spacial score (nSPS) is 9.41. The van der Waals surface area contributed by atoms with E-state index in [-0.39, 0.29) is 11.6 Å². The minimum Gasteiger partial charge on any atom is -0.455 e. The van der Waals surface area contributed by atoms with Crippen molar-refractivity contribution in [2.75, 3.05) is 0 Å². The Morgan fingerprint density at radius 2 is 1.64 bits per heavy atom. The molecule has 0 heterocycles. The lowest BCUT2D eigenvalue weighted by Crippen LogP contribution is -1.96. The highest BCUT2D eigenvalue weighted by Crippen LogP contribution is 2.27. The fourth-order valence-corrected chi connectivity index (χ4v) is 1.65. The molecule has 0 aliphatic carbocycles.